The maximum atomic E-state index is 11.8. The highest BCUT2D eigenvalue weighted by Gasteiger charge is 2.43. The number of rotatable bonds is 0. The zero-order valence-electron chi connectivity index (χ0n) is 22.3. The minimum Gasteiger partial charge on any atom is -0.369 e. The fourth-order valence-corrected chi connectivity index (χ4v) is 8.54. The summed E-state index contributed by atoms with van der Waals surface area (Å²) in [5.74, 6) is 0. The van der Waals surface area contributed by atoms with Crippen molar-refractivity contribution in [2.24, 2.45) is 0 Å². The van der Waals surface area contributed by atoms with Crippen molar-refractivity contribution in [2.75, 3.05) is 20.4 Å². The quantitative estimate of drug-likeness (QED) is 0.116. The lowest BCUT2D eigenvalue weighted by atomic mass is 9.81. The van der Waals surface area contributed by atoms with Gasteiger partial charge in [0.15, 0.2) is 12.5 Å². The predicted molar refractivity (Wildman–Crippen MR) is 168 cm³/mol. The van der Waals surface area contributed by atoms with Gasteiger partial charge in [0.2, 0.25) is 0 Å². The molecule has 0 aromatic heterocycles. The van der Waals surface area contributed by atoms with Crippen molar-refractivity contribution in [1.82, 2.24) is 0 Å². The smallest absolute Gasteiger partial charge is 0.155 e. The molecule has 0 radical (unpaired) electrons. The molecule has 0 fully saturated rings. The van der Waals surface area contributed by atoms with Gasteiger partial charge in [0.1, 0.15) is 12.3 Å². The molecule has 4 unspecified atom stereocenters. The molecule has 0 amide bonds. The van der Waals surface area contributed by atoms with Crippen LogP contribution in [0.5, 0.6) is 0 Å². The maximum Gasteiger partial charge on any atom is 0.155 e. The lowest BCUT2D eigenvalue weighted by Gasteiger charge is -2.39. The van der Waals surface area contributed by atoms with Crippen LogP contribution in [0.4, 0.5) is 22.7 Å². The number of anilines is 4. The summed E-state index contributed by atoms with van der Waals surface area (Å²) in [6, 6.07) is 34.0. The number of fused-ring (bicyclic) bond motifs is 10. The van der Waals surface area contributed by atoms with Crippen molar-refractivity contribution in [1.29, 1.82) is 0 Å². The summed E-state index contributed by atoms with van der Waals surface area (Å²) in [6.45, 7) is 0. The molecule has 4 N–H and O–H groups in total. The SMILES string of the molecule is OC1c2ccc3c4ccc5c6c(ccc(c7ccc(c2c37)C2Nc3ccccc3N12)c64)C(O)N1c2ccccc2NC51. The average molecular weight is 545 g/mol. The zero-order valence-corrected chi connectivity index (χ0v) is 22.3. The van der Waals surface area contributed by atoms with Crippen molar-refractivity contribution in [3.63, 3.8) is 0 Å². The van der Waals surface area contributed by atoms with Gasteiger partial charge in [-0.25, -0.2) is 0 Å². The first-order valence-corrected chi connectivity index (χ1v) is 14.5. The van der Waals surface area contributed by atoms with Crippen molar-refractivity contribution < 1.29 is 10.2 Å². The largest absolute Gasteiger partial charge is 0.369 e. The Morgan fingerprint density at radius 2 is 0.810 bits per heavy atom. The summed E-state index contributed by atoms with van der Waals surface area (Å²) in [6.07, 6.45) is -1.78. The summed E-state index contributed by atoms with van der Waals surface area (Å²) in [5.41, 5.74) is 8.36. The second kappa shape index (κ2) is 7.05. The Kier molecular flexibility index (Phi) is 3.64. The number of aliphatic hydroxyl groups is 2. The van der Waals surface area contributed by atoms with Crippen LogP contribution in [0.25, 0.3) is 43.1 Å². The van der Waals surface area contributed by atoms with Gasteiger partial charge >= 0.3 is 0 Å². The third kappa shape index (κ3) is 2.28. The summed E-state index contributed by atoms with van der Waals surface area (Å²) >= 11 is 0. The fraction of sp³-hybridized carbons (Fsp3) is 0.111. The highest BCUT2D eigenvalue weighted by atomic mass is 16.3. The van der Waals surface area contributed by atoms with Crippen LogP contribution in [0.1, 0.15) is 47.0 Å². The number of hydrogen-bond donors (Lipinski definition) is 4. The molecule has 6 nitrogen and oxygen atoms in total. The van der Waals surface area contributed by atoms with E-state index in [4.69, 9.17) is 0 Å². The van der Waals surface area contributed by atoms with Crippen LogP contribution in [0.15, 0.2) is 97.1 Å². The van der Waals surface area contributed by atoms with Crippen LogP contribution in [0.3, 0.4) is 0 Å². The number of hydrogen-bond acceptors (Lipinski definition) is 6. The van der Waals surface area contributed by atoms with E-state index >= 15 is 0 Å². The van der Waals surface area contributed by atoms with Crippen LogP contribution in [0.2, 0.25) is 0 Å². The van der Waals surface area contributed by atoms with Gasteiger partial charge in [-0.3, -0.25) is 0 Å². The molecule has 42 heavy (non-hydrogen) atoms. The Hall–Kier alpha value is -5.04. The normalized spacial score (nSPS) is 22.8. The van der Waals surface area contributed by atoms with Gasteiger partial charge in [0.05, 0.1) is 22.7 Å². The summed E-state index contributed by atoms with van der Waals surface area (Å²) in [7, 11) is 0. The van der Waals surface area contributed by atoms with Crippen molar-refractivity contribution >= 4 is 65.8 Å². The molecule has 7 aromatic rings. The maximum absolute atomic E-state index is 11.8. The van der Waals surface area contributed by atoms with Crippen LogP contribution < -0.4 is 20.4 Å². The number of nitrogens with zero attached hydrogens (tertiary/aromatic N) is 2. The second-order valence-corrected chi connectivity index (χ2v) is 12.0. The van der Waals surface area contributed by atoms with E-state index in [0.29, 0.717) is 0 Å². The molecule has 0 saturated carbocycles. The Morgan fingerprint density at radius 1 is 0.429 bits per heavy atom. The molecular formula is C36H24N4O2. The van der Waals surface area contributed by atoms with Gasteiger partial charge in [0.25, 0.3) is 0 Å². The highest BCUT2D eigenvalue weighted by molar-refractivity contribution is 6.34. The molecule has 0 saturated heterocycles. The highest BCUT2D eigenvalue weighted by Crippen LogP contribution is 2.56. The molecule has 11 rings (SSSR count). The van der Waals surface area contributed by atoms with Crippen LogP contribution in [-0.2, 0) is 0 Å². The predicted octanol–water partition coefficient (Wildman–Crippen LogP) is 7.61. The van der Waals surface area contributed by atoms with Crippen LogP contribution in [-0.4, -0.2) is 10.2 Å². The zero-order chi connectivity index (χ0) is 27.4. The molecular weight excluding hydrogens is 520 g/mol. The van der Waals surface area contributed by atoms with Gasteiger partial charge in [-0.2, -0.15) is 0 Å². The standard InChI is InChI=1S/C36H24N4O2/c41-35-23-15-11-19-18-10-14-22-32-24(36(42)40-28-8-4-2-6-26(28)38-34(22)40)16-12-20(30(18)32)17-9-13-21(31(23)29(17)19)33-37-25-5-1-3-7-27(25)39(33)35/h1-16,33-38,41-42H. The molecule has 4 heterocycles. The van der Waals surface area contributed by atoms with E-state index in [1.165, 1.54) is 43.4 Å². The lowest BCUT2D eigenvalue weighted by Crippen LogP contribution is -2.36. The van der Waals surface area contributed by atoms with E-state index < -0.39 is 12.5 Å². The van der Waals surface area contributed by atoms with Crippen LogP contribution in [0, 0.1) is 0 Å². The van der Waals surface area contributed by atoms with E-state index in [2.05, 4.69) is 93.2 Å². The third-order valence-electron chi connectivity index (χ3n) is 10.2. The number of benzene rings is 7. The minimum absolute atomic E-state index is 0.137. The first kappa shape index (κ1) is 21.7. The van der Waals surface area contributed by atoms with Crippen molar-refractivity contribution in [3.8, 4) is 0 Å². The van der Waals surface area contributed by atoms with E-state index in [1.807, 2.05) is 24.3 Å². The van der Waals surface area contributed by atoms with Gasteiger partial charge in [-0.15, -0.1) is 0 Å². The van der Waals surface area contributed by atoms with Crippen molar-refractivity contribution in [2.45, 2.75) is 24.8 Å². The van der Waals surface area contributed by atoms with Gasteiger partial charge in [0, 0.05) is 22.3 Å². The Labute approximate surface area is 240 Å². The molecule has 4 atom stereocenters. The summed E-state index contributed by atoms with van der Waals surface area (Å²) in [5, 5.41) is 40.2. The molecule has 4 aliphatic rings. The van der Waals surface area contributed by atoms with E-state index in [-0.39, 0.29) is 12.3 Å². The number of nitrogens with one attached hydrogen (secondary N) is 2. The Morgan fingerprint density at radius 3 is 1.24 bits per heavy atom. The van der Waals surface area contributed by atoms with E-state index in [1.54, 1.807) is 0 Å². The molecule has 200 valence electrons. The third-order valence-corrected chi connectivity index (χ3v) is 10.2. The average Bonchev–Trinajstić information content (AvgIpc) is 3.61. The topological polar surface area (TPSA) is 71.0 Å². The first-order valence-electron chi connectivity index (χ1n) is 14.5. The molecule has 7 aromatic carbocycles. The summed E-state index contributed by atoms with van der Waals surface area (Å²) < 4.78 is 0. The van der Waals surface area contributed by atoms with Crippen molar-refractivity contribution in [3.05, 3.63) is 119 Å². The van der Waals surface area contributed by atoms with Gasteiger partial charge in [-0.05, 0) is 67.4 Å². The molecule has 4 aliphatic heterocycles. The second-order valence-electron chi connectivity index (χ2n) is 12.0. The Balaban J connectivity index is 1.22. The molecule has 0 bridgehead atoms. The lowest BCUT2D eigenvalue weighted by molar-refractivity contribution is 0.163. The summed E-state index contributed by atoms with van der Waals surface area (Å²) in [4.78, 5) is 4.19. The number of para-hydroxylation sites is 4. The molecule has 0 spiro atoms. The minimum atomic E-state index is -0.754. The van der Waals surface area contributed by atoms with Gasteiger partial charge < -0.3 is 30.6 Å². The fourth-order valence-electron chi connectivity index (χ4n) is 8.54. The number of aliphatic hydroxyl groups excluding tert-OH is 2. The Bertz CT molecular complexity index is 2160. The monoisotopic (exact) mass is 544 g/mol. The van der Waals surface area contributed by atoms with E-state index in [0.717, 1.165) is 44.6 Å². The van der Waals surface area contributed by atoms with Crippen LogP contribution >= 0.6 is 0 Å². The first-order chi connectivity index (χ1) is 20.7. The molecule has 6 heteroatoms. The van der Waals surface area contributed by atoms with Gasteiger partial charge in [-0.1, -0.05) is 72.8 Å². The molecule has 0 aliphatic carbocycles. The van der Waals surface area contributed by atoms with E-state index in [9.17, 15) is 10.2 Å².